The third-order valence-electron chi connectivity index (χ3n) is 6.26. The van der Waals surface area contributed by atoms with Crippen LogP contribution in [-0.4, -0.2) is 22.6 Å². The summed E-state index contributed by atoms with van der Waals surface area (Å²) in [6.07, 6.45) is 5.90. The van der Waals surface area contributed by atoms with Crippen LogP contribution in [-0.2, 0) is 6.42 Å². The van der Waals surface area contributed by atoms with Gasteiger partial charge >= 0.3 is 0 Å². The Hall–Kier alpha value is -2.39. The van der Waals surface area contributed by atoms with Gasteiger partial charge in [-0.25, -0.2) is 4.39 Å². The van der Waals surface area contributed by atoms with Crippen molar-refractivity contribution in [2.24, 2.45) is 0 Å². The number of benzene rings is 2. The summed E-state index contributed by atoms with van der Waals surface area (Å²) in [5, 5.41) is 1.41. The maximum absolute atomic E-state index is 13.3. The molecule has 2 aromatic carbocycles. The van der Waals surface area contributed by atoms with Crippen LogP contribution < -0.4 is 0 Å². The lowest BCUT2D eigenvalue weighted by Gasteiger charge is -2.30. The first-order chi connectivity index (χ1) is 13.1. The molecule has 1 aromatic heterocycles. The number of aryl methyl sites for hydroxylation is 1. The lowest BCUT2D eigenvalue weighted by Crippen LogP contribution is -2.31. The highest BCUT2D eigenvalue weighted by molar-refractivity contribution is 5.91. The van der Waals surface area contributed by atoms with E-state index in [4.69, 9.17) is 0 Å². The summed E-state index contributed by atoms with van der Waals surface area (Å²) in [5.74, 6) is -0.188. The molecule has 0 N–H and O–H groups in total. The average Bonchev–Trinajstić information content (AvgIpc) is 3.25. The van der Waals surface area contributed by atoms with E-state index in [1.807, 2.05) is 12.1 Å². The zero-order valence-corrected chi connectivity index (χ0v) is 16.0. The molecule has 1 unspecified atom stereocenters. The molecule has 1 fully saturated rings. The average molecular weight is 360 g/mol. The lowest BCUT2D eigenvalue weighted by atomic mass is 9.95. The van der Waals surface area contributed by atoms with Crippen molar-refractivity contribution in [2.75, 3.05) is 13.1 Å². The quantitative estimate of drug-likeness (QED) is 0.561. The molecule has 2 nitrogen and oxygen atoms in total. The largest absolute Gasteiger partial charge is 0.320 e. The zero-order valence-electron chi connectivity index (χ0n) is 16.0. The highest BCUT2D eigenvalue weighted by atomic mass is 19.1. The molecule has 0 bridgehead atoms. The smallest absolute Gasteiger partial charge is 0.123 e. The van der Waals surface area contributed by atoms with Crippen molar-refractivity contribution in [3.05, 3.63) is 70.7 Å². The van der Waals surface area contributed by atoms with Crippen molar-refractivity contribution in [1.29, 1.82) is 0 Å². The fraction of sp³-hybridized carbons (Fsp3) is 0.333. The van der Waals surface area contributed by atoms with Crippen LogP contribution in [0.1, 0.15) is 48.2 Å². The van der Waals surface area contributed by atoms with Crippen LogP contribution in [0.5, 0.6) is 0 Å². The van der Waals surface area contributed by atoms with E-state index in [1.165, 1.54) is 53.7 Å². The van der Waals surface area contributed by atoms with E-state index in [0.29, 0.717) is 6.04 Å². The topological polar surface area (TPSA) is 8.17 Å². The summed E-state index contributed by atoms with van der Waals surface area (Å²) in [4.78, 5) is 2.66. The van der Waals surface area contributed by atoms with Gasteiger partial charge in [-0.2, -0.15) is 0 Å². The van der Waals surface area contributed by atoms with Crippen molar-refractivity contribution in [3.8, 4) is 0 Å². The minimum absolute atomic E-state index is 0.188. The van der Waals surface area contributed by atoms with Gasteiger partial charge in [-0.1, -0.05) is 23.8 Å². The van der Waals surface area contributed by atoms with Gasteiger partial charge in [0.25, 0.3) is 0 Å². The first-order valence-electron chi connectivity index (χ1n) is 9.93. The summed E-state index contributed by atoms with van der Waals surface area (Å²) in [5.41, 5.74) is 7.83. The first kappa shape index (κ1) is 16.8. The number of hydrogen-bond acceptors (Lipinski definition) is 1. The van der Waals surface area contributed by atoms with Gasteiger partial charge < -0.3 is 4.57 Å². The fourth-order valence-corrected chi connectivity index (χ4v) is 4.93. The van der Waals surface area contributed by atoms with Gasteiger partial charge in [-0.15, -0.1) is 0 Å². The van der Waals surface area contributed by atoms with E-state index < -0.39 is 0 Å². The van der Waals surface area contributed by atoms with Gasteiger partial charge in [-0.05, 0) is 74.2 Å². The van der Waals surface area contributed by atoms with Crippen LogP contribution in [0.15, 0.2) is 42.5 Å². The van der Waals surface area contributed by atoms with E-state index >= 15 is 0 Å². The molecule has 0 aliphatic carbocycles. The molecular weight excluding hydrogens is 335 g/mol. The van der Waals surface area contributed by atoms with Crippen molar-refractivity contribution < 1.29 is 4.39 Å². The number of allylic oxidation sites excluding steroid dienone is 1. The van der Waals surface area contributed by atoms with Gasteiger partial charge in [-0.3, -0.25) is 4.90 Å². The molecule has 0 radical (unpaired) electrons. The minimum Gasteiger partial charge on any atom is -0.320 e. The molecule has 0 amide bonds. The molecule has 1 saturated heterocycles. The van der Waals surface area contributed by atoms with E-state index in [0.717, 1.165) is 24.1 Å². The molecule has 3 heteroatoms. The van der Waals surface area contributed by atoms with Crippen molar-refractivity contribution >= 4 is 22.7 Å². The Balaban J connectivity index is 1.71. The maximum atomic E-state index is 13.3. The standard InChI is InChI=1S/C24H25FN2/c1-16-5-10-21-20(14-16)24-22-4-3-12-26(22)13-11-23(24)27(21)15-17(2)18-6-8-19(25)9-7-18/h5-10,14-15,22H,3-4,11-13H2,1-2H3. The summed E-state index contributed by atoms with van der Waals surface area (Å²) < 4.78 is 15.7. The Morgan fingerprint density at radius 1 is 1.11 bits per heavy atom. The Morgan fingerprint density at radius 3 is 2.74 bits per heavy atom. The van der Waals surface area contributed by atoms with Crippen LogP contribution in [0.2, 0.25) is 0 Å². The zero-order chi connectivity index (χ0) is 18.5. The van der Waals surface area contributed by atoms with Gasteiger partial charge in [0.05, 0.1) is 5.52 Å². The SMILES string of the molecule is CC(=Cn1c2c(c3cc(C)ccc31)C1CCCN1CC2)c1ccc(F)cc1. The number of rotatable bonds is 2. The van der Waals surface area contributed by atoms with Gasteiger partial charge in [0.15, 0.2) is 0 Å². The van der Waals surface area contributed by atoms with Crippen LogP contribution in [0.3, 0.4) is 0 Å². The number of fused-ring (bicyclic) bond motifs is 5. The Labute approximate surface area is 159 Å². The highest BCUT2D eigenvalue weighted by Gasteiger charge is 2.35. The van der Waals surface area contributed by atoms with E-state index in [9.17, 15) is 4.39 Å². The van der Waals surface area contributed by atoms with E-state index in [1.54, 1.807) is 5.56 Å². The summed E-state index contributed by atoms with van der Waals surface area (Å²) in [6.45, 7) is 6.67. The van der Waals surface area contributed by atoms with Gasteiger partial charge in [0, 0.05) is 36.3 Å². The third-order valence-corrected chi connectivity index (χ3v) is 6.26. The summed E-state index contributed by atoms with van der Waals surface area (Å²) in [6, 6.07) is 14.2. The minimum atomic E-state index is -0.188. The number of nitrogens with zero attached hydrogens (tertiary/aromatic N) is 2. The summed E-state index contributed by atoms with van der Waals surface area (Å²) >= 11 is 0. The molecule has 5 rings (SSSR count). The molecule has 2 aliphatic heterocycles. The molecular formula is C24H25FN2. The van der Waals surface area contributed by atoms with Crippen LogP contribution in [0, 0.1) is 12.7 Å². The molecule has 2 aliphatic rings. The second-order valence-corrected chi connectivity index (χ2v) is 8.01. The molecule has 138 valence electrons. The van der Waals surface area contributed by atoms with Crippen molar-refractivity contribution in [1.82, 2.24) is 9.47 Å². The molecule has 3 aromatic rings. The predicted molar refractivity (Wildman–Crippen MR) is 110 cm³/mol. The number of aromatic nitrogens is 1. The fourth-order valence-electron chi connectivity index (χ4n) is 4.93. The van der Waals surface area contributed by atoms with Gasteiger partial charge in [0.1, 0.15) is 5.82 Å². The Morgan fingerprint density at radius 2 is 1.93 bits per heavy atom. The molecule has 0 spiro atoms. The lowest BCUT2D eigenvalue weighted by molar-refractivity contribution is 0.243. The molecule has 1 atom stereocenters. The van der Waals surface area contributed by atoms with Crippen molar-refractivity contribution in [2.45, 2.75) is 39.2 Å². The second kappa shape index (κ2) is 6.35. The first-order valence-corrected chi connectivity index (χ1v) is 9.93. The monoisotopic (exact) mass is 360 g/mol. The van der Waals surface area contributed by atoms with Crippen molar-refractivity contribution in [3.63, 3.8) is 0 Å². The Bertz CT molecular complexity index is 1040. The van der Waals surface area contributed by atoms with Crippen LogP contribution >= 0.6 is 0 Å². The van der Waals surface area contributed by atoms with Gasteiger partial charge in [0.2, 0.25) is 0 Å². The van der Waals surface area contributed by atoms with E-state index in [-0.39, 0.29) is 5.82 Å². The number of halogens is 1. The third kappa shape index (κ3) is 2.72. The predicted octanol–water partition coefficient (Wildman–Crippen LogP) is 5.80. The maximum Gasteiger partial charge on any atom is 0.123 e. The number of hydrogen-bond donors (Lipinski definition) is 0. The molecule has 0 saturated carbocycles. The van der Waals surface area contributed by atoms with Crippen LogP contribution in [0.4, 0.5) is 4.39 Å². The van der Waals surface area contributed by atoms with E-state index in [2.05, 4.69) is 47.7 Å². The normalized spacial score (nSPS) is 20.1. The summed E-state index contributed by atoms with van der Waals surface area (Å²) in [7, 11) is 0. The van der Waals surface area contributed by atoms with Crippen LogP contribution in [0.25, 0.3) is 22.7 Å². The Kier molecular flexibility index (Phi) is 3.94. The second-order valence-electron chi connectivity index (χ2n) is 8.01. The highest BCUT2D eigenvalue weighted by Crippen LogP contribution is 2.43. The molecule has 27 heavy (non-hydrogen) atoms. The molecule has 3 heterocycles.